The Hall–Kier alpha value is -1.86. The maximum Gasteiger partial charge on any atom is 0.257 e. The van der Waals surface area contributed by atoms with E-state index in [9.17, 15) is 9.18 Å². The van der Waals surface area contributed by atoms with Gasteiger partial charge in [-0.25, -0.2) is 9.37 Å². The van der Waals surface area contributed by atoms with Crippen LogP contribution in [0.2, 0.25) is 0 Å². The number of hydrogen-bond donors (Lipinski definition) is 2. The summed E-state index contributed by atoms with van der Waals surface area (Å²) in [5.74, 6) is -0.469. The number of nitrogens with zero attached hydrogens (tertiary/aromatic N) is 1. The van der Waals surface area contributed by atoms with Crippen LogP contribution in [0.4, 0.5) is 10.2 Å². The molecule has 2 N–H and O–H groups in total. The van der Waals surface area contributed by atoms with Gasteiger partial charge in [0.1, 0.15) is 11.6 Å². The molecule has 0 fully saturated rings. The van der Waals surface area contributed by atoms with Crippen molar-refractivity contribution in [1.82, 2.24) is 10.3 Å². The maximum absolute atomic E-state index is 13.0. The van der Waals surface area contributed by atoms with Crippen molar-refractivity contribution in [3.05, 3.63) is 58.4 Å². The minimum Gasteiger partial charge on any atom is -0.317 e. The first-order valence-corrected chi connectivity index (χ1v) is 6.74. The zero-order chi connectivity index (χ0) is 14.5. The van der Waals surface area contributed by atoms with Crippen LogP contribution in [0.15, 0.2) is 47.1 Å². The van der Waals surface area contributed by atoms with Gasteiger partial charge in [0, 0.05) is 16.2 Å². The Morgan fingerprint density at radius 3 is 2.75 bits per heavy atom. The number of thiocarbonyl (C=S) groups is 1. The molecule has 1 aromatic carbocycles. The molecule has 7 heteroatoms. The molecular weight excluding hydrogens is 345 g/mol. The second-order valence-electron chi connectivity index (χ2n) is 3.78. The maximum atomic E-state index is 13.0. The van der Waals surface area contributed by atoms with E-state index in [0.29, 0.717) is 5.82 Å². The molecule has 0 spiro atoms. The normalized spacial score (nSPS) is 9.90. The third-order valence-electron chi connectivity index (χ3n) is 2.28. The van der Waals surface area contributed by atoms with Gasteiger partial charge in [-0.1, -0.05) is 6.07 Å². The fourth-order valence-corrected chi connectivity index (χ4v) is 1.83. The van der Waals surface area contributed by atoms with Gasteiger partial charge in [-0.15, -0.1) is 0 Å². The number of anilines is 1. The highest BCUT2D eigenvalue weighted by molar-refractivity contribution is 9.10. The number of carbonyl (C=O) groups excluding carboxylic acids is 1. The third kappa shape index (κ3) is 4.07. The summed E-state index contributed by atoms with van der Waals surface area (Å²) in [6.07, 6.45) is 1.60. The van der Waals surface area contributed by atoms with Gasteiger partial charge in [0.05, 0.1) is 0 Å². The molecule has 0 radical (unpaired) electrons. The van der Waals surface area contributed by atoms with Crippen LogP contribution in [0.3, 0.4) is 0 Å². The second-order valence-corrected chi connectivity index (χ2v) is 5.10. The molecule has 0 aliphatic rings. The molecule has 0 bridgehead atoms. The van der Waals surface area contributed by atoms with Crippen molar-refractivity contribution in [2.24, 2.45) is 0 Å². The summed E-state index contributed by atoms with van der Waals surface area (Å²) in [4.78, 5) is 15.9. The fraction of sp³-hybridized carbons (Fsp3) is 0. The van der Waals surface area contributed by atoms with E-state index in [0.717, 1.165) is 10.5 Å². The van der Waals surface area contributed by atoms with Gasteiger partial charge in [0.2, 0.25) is 0 Å². The number of rotatable bonds is 2. The average Bonchev–Trinajstić information content (AvgIpc) is 2.41. The lowest BCUT2D eigenvalue weighted by Crippen LogP contribution is -2.34. The molecule has 1 amide bonds. The molecule has 4 nitrogen and oxygen atoms in total. The summed E-state index contributed by atoms with van der Waals surface area (Å²) in [6, 6.07) is 8.84. The summed E-state index contributed by atoms with van der Waals surface area (Å²) in [6.45, 7) is 0. The second kappa shape index (κ2) is 6.53. The zero-order valence-electron chi connectivity index (χ0n) is 10.1. The zero-order valence-corrected chi connectivity index (χ0v) is 12.5. The van der Waals surface area contributed by atoms with E-state index in [1.807, 2.05) is 0 Å². The Morgan fingerprint density at radius 1 is 1.30 bits per heavy atom. The van der Waals surface area contributed by atoms with Gasteiger partial charge < -0.3 is 5.32 Å². The van der Waals surface area contributed by atoms with Crippen molar-refractivity contribution in [2.45, 2.75) is 0 Å². The van der Waals surface area contributed by atoms with Gasteiger partial charge in [-0.05, 0) is 58.5 Å². The van der Waals surface area contributed by atoms with Crippen LogP contribution < -0.4 is 10.6 Å². The summed E-state index contributed by atoms with van der Waals surface area (Å²) in [5.41, 5.74) is 0.193. The van der Waals surface area contributed by atoms with Gasteiger partial charge in [0.15, 0.2) is 5.11 Å². The van der Waals surface area contributed by atoms with Crippen LogP contribution in [-0.4, -0.2) is 16.0 Å². The molecule has 20 heavy (non-hydrogen) atoms. The van der Waals surface area contributed by atoms with Gasteiger partial charge in [-0.3, -0.25) is 10.1 Å². The van der Waals surface area contributed by atoms with E-state index >= 15 is 0 Å². The summed E-state index contributed by atoms with van der Waals surface area (Å²) in [7, 11) is 0. The number of pyridine rings is 1. The number of nitrogens with one attached hydrogen (secondary N) is 2. The number of amides is 1. The summed E-state index contributed by atoms with van der Waals surface area (Å²) < 4.78 is 13.8. The van der Waals surface area contributed by atoms with Crippen molar-refractivity contribution in [3.63, 3.8) is 0 Å². The first kappa shape index (κ1) is 14.5. The largest absolute Gasteiger partial charge is 0.317 e. The quantitative estimate of drug-likeness (QED) is 0.814. The highest BCUT2D eigenvalue weighted by Crippen LogP contribution is 2.10. The topological polar surface area (TPSA) is 54.0 Å². The Bertz CT molecular complexity index is 648. The van der Waals surface area contributed by atoms with Gasteiger partial charge in [-0.2, -0.15) is 0 Å². The Labute approximate surface area is 128 Å². The Morgan fingerprint density at radius 2 is 2.10 bits per heavy atom. The monoisotopic (exact) mass is 353 g/mol. The molecule has 0 saturated heterocycles. The Kier molecular flexibility index (Phi) is 4.75. The highest BCUT2D eigenvalue weighted by Gasteiger charge is 2.08. The number of carbonyl (C=O) groups is 1. The van der Waals surface area contributed by atoms with Crippen molar-refractivity contribution in [1.29, 1.82) is 0 Å². The van der Waals surface area contributed by atoms with Crippen LogP contribution in [0.5, 0.6) is 0 Å². The van der Waals surface area contributed by atoms with E-state index in [-0.39, 0.29) is 10.7 Å². The molecule has 102 valence electrons. The highest BCUT2D eigenvalue weighted by atomic mass is 79.9. The predicted molar refractivity (Wildman–Crippen MR) is 82.0 cm³/mol. The molecule has 0 aliphatic carbocycles. The van der Waals surface area contributed by atoms with Crippen LogP contribution in [0.1, 0.15) is 10.4 Å². The van der Waals surface area contributed by atoms with E-state index in [1.165, 1.54) is 18.2 Å². The first-order chi connectivity index (χ1) is 9.54. The lowest BCUT2D eigenvalue weighted by Gasteiger charge is -2.08. The third-order valence-corrected chi connectivity index (χ3v) is 2.96. The molecule has 0 atom stereocenters. The van der Waals surface area contributed by atoms with Crippen molar-refractivity contribution >= 4 is 45.0 Å². The lowest BCUT2D eigenvalue weighted by atomic mass is 10.2. The number of hydrogen-bond acceptors (Lipinski definition) is 3. The van der Waals surface area contributed by atoms with Crippen LogP contribution in [0.25, 0.3) is 0 Å². The van der Waals surface area contributed by atoms with E-state index in [2.05, 4.69) is 31.5 Å². The molecule has 1 aromatic heterocycles. The van der Waals surface area contributed by atoms with Crippen LogP contribution >= 0.6 is 28.1 Å². The van der Waals surface area contributed by atoms with E-state index in [1.54, 1.807) is 18.3 Å². The SMILES string of the molecule is O=C(NC(=S)Nc1ccc(Br)cn1)c1cccc(F)c1. The number of aromatic nitrogens is 1. The lowest BCUT2D eigenvalue weighted by molar-refractivity contribution is 0.0977. The van der Waals surface area contributed by atoms with Crippen LogP contribution in [0, 0.1) is 5.82 Å². The van der Waals surface area contributed by atoms with Crippen molar-refractivity contribution in [2.75, 3.05) is 5.32 Å². The average molecular weight is 354 g/mol. The summed E-state index contributed by atoms with van der Waals surface area (Å²) >= 11 is 8.25. The minimum atomic E-state index is -0.487. The molecular formula is C13H9BrFN3OS. The fourth-order valence-electron chi connectivity index (χ4n) is 1.40. The predicted octanol–water partition coefficient (Wildman–Crippen LogP) is 3.11. The molecule has 0 aliphatic heterocycles. The smallest absolute Gasteiger partial charge is 0.257 e. The van der Waals surface area contributed by atoms with Crippen molar-refractivity contribution < 1.29 is 9.18 Å². The molecule has 2 rings (SSSR count). The van der Waals surface area contributed by atoms with Gasteiger partial charge in [0.25, 0.3) is 5.91 Å². The Balaban J connectivity index is 1.97. The number of benzene rings is 1. The van der Waals surface area contributed by atoms with E-state index in [4.69, 9.17) is 12.2 Å². The first-order valence-electron chi connectivity index (χ1n) is 5.54. The molecule has 0 unspecified atom stereocenters. The van der Waals surface area contributed by atoms with Crippen molar-refractivity contribution in [3.8, 4) is 0 Å². The minimum absolute atomic E-state index is 0.0917. The number of halogens is 2. The molecule has 2 aromatic rings. The summed E-state index contributed by atoms with van der Waals surface area (Å²) in [5, 5.41) is 5.30. The molecule has 0 saturated carbocycles. The molecule has 1 heterocycles. The van der Waals surface area contributed by atoms with Crippen LogP contribution in [-0.2, 0) is 0 Å². The van der Waals surface area contributed by atoms with E-state index < -0.39 is 11.7 Å². The standard InChI is InChI=1S/C13H9BrFN3OS/c14-9-4-5-11(16-7-9)17-13(20)18-12(19)8-2-1-3-10(15)6-8/h1-7H,(H2,16,17,18,19,20). The van der Waals surface area contributed by atoms with Gasteiger partial charge >= 0.3 is 0 Å².